The van der Waals surface area contributed by atoms with Crippen LogP contribution in [0.1, 0.15) is 49.9 Å². The molecule has 0 bridgehead atoms. The minimum absolute atomic E-state index is 0.100. The fraction of sp³-hybridized carbons (Fsp3) is 0.0561. The molecule has 0 saturated heterocycles. The van der Waals surface area contributed by atoms with Crippen LogP contribution in [0.3, 0.4) is 0 Å². The zero-order valence-corrected chi connectivity index (χ0v) is 65.3. The van der Waals surface area contributed by atoms with E-state index in [1.54, 1.807) is 0 Å². The summed E-state index contributed by atoms with van der Waals surface area (Å²) in [5.74, 6) is 1.64. The molecule has 0 radical (unpaired) electrons. The molecule has 2 aliphatic rings. The molecule has 0 fully saturated rings. The number of imidazole rings is 1. The molecule has 0 amide bonds. The molecule has 6 aromatic heterocycles. The molecule has 0 atom stereocenters. The van der Waals surface area contributed by atoms with Crippen LogP contribution in [-0.2, 0) is 10.8 Å². The van der Waals surface area contributed by atoms with E-state index in [0.717, 1.165) is 73.1 Å². The molecule has 6 heterocycles. The molecule has 0 N–H and O–H groups in total. The van der Waals surface area contributed by atoms with E-state index in [4.69, 9.17) is 15.0 Å². The van der Waals surface area contributed by atoms with Crippen LogP contribution in [0.25, 0.3) is 202 Å². The number of para-hydroxylation sites is 5. The lowest BCUT2D eigenvalue weighted by Gasteiger charge is -2.21. The van der Waals surface area contributed by atoms with Crippen LogP contribution in [0, 0.1) is 0 Å². The highest BCUT2D eigenvalue weighted by molar-refractivity contribution is 7.26. The molecule has 16 aromatic carbocycles. The van der Waals surface area contributed by atoms with Crippen molar-refractivity contribution in [1.82, 2.24) is 28.7 Å². The maximum Gasteiger partial charge on any atom is 0.160 e. The highest BCUT2D eigenvalue weighted by Gasteiger charge is 2.38. The first-order chi connectivity index (χ1) is 56.5. The van der Waals surface area contributed by atoms with Crippen LogP contribution in [0.15, 0.2) is 364 Å². The van der Waals surface area contributed by atoms with Gasteiger partial charge in [0.2, 0.25) is 0 Å². The summed E-state index contributed by atoms with van der Waals surface area (Å²) in [7, 11) is 0. The number of aromatic nitrogens is 6. The Morgan fingerprint density at radius 1 is 0.235 bits per heavy atom. The maximum atomic E-state index is 5.23. The van der Waals surface area contributed by atoms with Gasteiger partial charge in [0.25, 0.3) is 0 Å². The van der Waals surface area contributed by atoms with Crippen LogP contribution in [0.4, 0.5) is 0 Å². The summed E-state index contributed by atoms with van der Waals surface area (Å²) in [6.45, 7) is 9.48. The second-order valence-electron chi connectivity index (χ2n) is 31.8. The van der Waals surface area contributed by atoms with Gasteiger partial charge in [-0.1, -0.05) is 282 Å². The van der Waals surface area contributed by atoms with Gasteiger partial charge in [0, 0.05) is 123 Å². The van der Waals surface area contributed by atoms with Crippen LogP contribution in [0.2, 0.25) is 0 Å². The summed E-state index contributed by atoms with van der Waals surface area (Å²) in [4.78, 5) is 15.5. The van der Waals surface area contributed by atoms with Gasteiger partial charge in [-0.15, -0.1) is 22.7 Å². The van der Waals surface area contributed by atoms with E-state index < -0.39 is 0 Å². The number of nitrogens with zero attached hydrogens (tertiary/aromatic N) is 6. The lowest BCUT2D eigenvalue weighted by atomic mass is 9.82. The van der Waals surface area contributed by atoms with Crippen molar-refractivity contribution < 1.29 is 0 Å². The monoisotopic (exact) mass is 1500 g/mol. The summed E-state index contributed by atoms with van der Waals surface area (Å²) in [5, 5.41) is 10.2. The number of benzene rings is 16. The zero-order chi connectivity index (χ0) is 76.4. The van der Waals surface area contributed by atoms with Gasteiger partial charge in [0.1, 0.15) is 5.82 Å². The molecule has 0 aliphatic heterocycles. The average molecular weight is 1510 g/mol. The Labute approximate surface area is 673 Å². The standard InChI is InChI=1S/C55H37N3S.C52H35N3S/c1-55(2)46-22-12-9-19-39(46)43-31-44-40-20-10-13-23-50(40)58(51(44)32-47(43)55)38-29-42(53-45(30-38)41-21-11-14-24-52(41)59-53)34-25-27-37(28-26-34)54-56-48(35-15-5-3-6-16-35)33-49(57-54)36-17-7-4-8-18-36;1-52(2)43-22-9-6-19-36(43)40-30-41-37-20-7-11-24-46(37)54(48(41)31-44(40)52)35-28-39(50-42(29-35)38-21-8-13-26-49(38)56-50)32-15-14-16-33(27-32)51-53-45-23-10-12-25-47(45)55(51)34-17-4-3-5-18-34/h3-33H,1-2H3;3-31H,1-2H3. The fourth-order valence-corrected chi connectivity index (χ4v) is 21.4. The smallest absolute Gasteiger partial charge is 0.160 e. The number of hydrogen-bond acceptors (Lipinski definition) is 5. The van der Waals surface area contributed by atoms with Gasteiger partial charge in [-0.2, -0.15) is 0 Å². The molecule has 6 nitrogen and oxygen atoms in total. The Hall–Kier alpha value is -13.9. The van der Waals surface area contributed by atoms with Crippen molar-refractivity contribution in [3.63, 3.8) is 0 Å². The number of fused-ring (bicyclic) bond motifs is 19. The molecular formula is C107H72N6S2. The van der Waals surface area contributed by atoms with Gasteiger partial charge < -0.3 is 9.13 Å². The van der Waals surface area contributed by atoms with Crippen molar-refractivity contribution in [3.05, 3.63) is 386 Å². The van der Waals surface area contributed by atoms with Gasteiger partial charge in [-0.25, -0.2) is 15.0 Å². The second-order valence-corrected chi connectivity index (χ2v) is 33.9. The van der Waals surface area contributed by atoms with Crippen LogP contribution >= 0.6 is 22.7 Å². The van der Waals surface area contributed by atoms with E-state index in [1.165, 1.54) is 145 Å². The normalized spacial score (nSPS) is 13.2. The zero-order valence-electron chi connectivity index (χ0n) is 63.6. The van der Waals surface area contributed by atoms with Crippen molar-refractivity contribution in [2.24, 2.45) is 0 Å². The van der Waals surface area contributed by atoms with Crippen molar-refractivity contribution in [3.8, 4) is 107 Å². The number of hydrogen-bond donors (Lipinski definition) is 0. The summed E-state index contributed by atoms with van der Waals surface area (Å²) < 4.78 is 12.5. The third-order valence-electron chi connectivity index (χ3n) is 24.5. The van der Waals surface area contributed by atoms with Crippen molar-refractivity contribution in [1.29, 1.82) is 0 Å². The molecular weight excluding hydrogens is 1430 g/mol. The minimum atomic E-state index is -0.103. The third-order valence-corrected chi connectivity index (χ3v) is 27.0. The Kier molecular flexibility index (Phi) is 15.0. The van der Waals surface area contributed by atoms with Gasteiger partial charge in [-0.05, 0) is 165 Å². The maximum absolute atomic E-state index is 5.23. The van der Waals surface area contributed by atoms with Crippen molar-refractivity contribution >= 4 is 118 Å². The third kappa shape index (κ3) is 10.5. The average Bonchev–Trinajstić information content (AvgIpc) is 1.55. The molecule has 115 heavy (non-hydrogen) atoms. The van der Waals surface area contributed by atoms with E-state index in [9.17, 15) is 0 Å². The number of rotatable bonds is 9. The molecule has 0 saturated carbocycles. The fourth-order valence-electron chi connectivity index (χ4n) is 19.0. The molecule has 8 heteroatoms. The van der Waals surface area contributed by atoms with E-state index in [-0.39, 0.29) is 10.8 Å². The van der Waals surface area contributed by atoms with E-state index in [2.05, 4.69) is 393 Å². The Morgan fingerprint density at radius 3 is 1.20 bits per heavy atom. The molecule has 0 spiro atoms. The summed E-state index contributed by atoms with van der Waals surface area (Å²) in [6, 6.07) is 133. The predicted molar refractivity (Wildman–Crippen MR) is 485 cm³/mol. The second kappa shape index (κ2) is 25.8. The van der Waals surface area contributed by atoms with Crippen molar-refractivity contribution in [2.45, 2.75) is 38.5 Å². The van der Waals surface area contributed by atoms with Crippen LogP contribution in [0.5, 0.6) is 0 Å². The molecule has 2 aliphatic carbocycles. The molecule has 22 aromatic rings. The first kappa shape index (κ1) is 66.9. The number of thiophene rings is 2. The van der Waals surface area contributed by atoms with Crippen LogP contribution in [-0.4, -0.2) is 28.7 Å². The van der Waals surface area contributed by atoms with Gasteiger partial charge in [0.15, 0.2) is 5.82 Å². The summed E-state index contributed by atoms with van der Waals surface area (Å²) >= 11 is 3.75. The van der Waals surface area contributed by atoms with Gasteiger partial charge >= 0.3 is 0 Å². The Morgan fingerprint density at radius 2 is 0.661 bits per heavy atom. The largest absolute Gasteiger partial charge is 0.309 e. The van der Waals surface area contributed by atoms with Gasteiger partial charge in [0.05, 0.1) is 44.5 Å². The minimum Gasteiger partial charge on any atom is -0.309 e. The molecule has 0 unspecified atom stereocenters. The summed E-state index contributed by atoms with van der Waals surface area (Å²) in [5.41, 5.74) is 31.9. The predicted octanol–water partition coefficient (Wildman–Crippen LogP) is 29.0. The first-order valence-corrected chi connectivity index (χ1v) is 41.2. The topological polar surface area (TPSA) is 53.5 Å². The lowest BCUT2D eigenvalue weighted by molar-refractivity contribution is 0.661. The van der Waals surface area contributed by atoms with Crippen LogP contribution < -0.4 is 0 Å². The SMILES string of the molecule is CC1(C)c2ccccc2-c2cc3c4ccccc4n(-c4cc(-c5ccc(-c6nc(-c7ccccc7)cc(-c7ccccc7)n6)cc5)c5sc6ccccc6c5c4)c3cc21.CC1(C)c2ccccc2-c2cc3c4ccccc4n(-c4cc(-c5cccc(-c6nc7ccccc7n6-c6ccccc6)c5)c5sc6ccccc6c5c4)c3cc21. The first-order valence-electron chi connectivity index (χ1n) is 39.5. The Bertz CT molecular complexity index is 7710. The molecule has 24 rings (SSSR count). The Balaban J connectivity index is 0.000000136. The van der Waals surface area contributed by atoms with E-state index in [1.807, 2.05) is 34.8 Å². The highest BCUT2D eigenvalue weighted by atomic mass is 32.1. The van der Waals surface area contributed by atoms with Gasteiger partial charge in [-0.3, -0.25) is 4.57 Å². The van der Waals surface area contributed by atoms with E-state index in [0.29, 0.717) is 5.82 Å². The lowest BCUT2D eigenvalue weighted by Crippen LogP contribution is -2.15. The van der Waals surface area contributed by atoms with E-state index >= 15 is 0 Å². The quantitative estimate of drug-likeness (QED) is 0.145. The highest BCUT2D eigenvalue weighted by Crippen LogP contribution is 2.55. The summed E-state index contributed by atoms with van der Waals surface area (Å²) in [6.07, 6.45) is 0. The molecule has 542 valence electrons. The van der Waals surface area contributed by atoms with Crippen molar-refractivity contribution in [2.75, 3.05) is 0 Å².